The summed E-state index contributed by atoms with van der Waals surface area (Å²) in [6.07, 6.45) is 40.9. The van der Waals surface area contributed by atoms with Gasteiger partial charge in [-0.1, -0.05) is 218 Å². The van der Waals surface area contributed by atoms with E-state index in [1.165, 1.54) is 148 Å². The minimum absolute atomic E-state index is 0.256. The first kappa shape index (κ1) is 58.6. The van der Waals surface area contributed by atoms with Crippen LogP contribution >= 0.6 is 0 Å². The number of allylic oxidation sites excluding steroid dienone is 4. The number of aliphatic hydroxyl groups is 6. The van der Waals surface area contributed by atoms with Crippen LogP contribution in [0.2, 0.25) is 0 Å². The molecule has 366 valence electrons. The number of rotatable bonds is 44. The molecule has 1 heterocycles. The van der Waals surface area contributed by atoms with Gasteiger partial charge in [-0.3, -0.25) is 4.79 Å². The van der Waals surface area contributed by atoms with Gasteiger partial charge < -0.3 is 45.4 Å². The van der Waals surface area contributed by atoms with Crippen LogP contribution in [0.5, 0.6) is 0 Å². The normalized spacial score (nSPS) is 20.9. The smallest absolute Gasteiger partial charge is 0.249 e. The van der Waals surface area contributed by atoms with Crippen molar-refractivity contribution in [3.8, 4) is 0 Å². The molecule has 1 saturated heterocycles. The van der Waals surface area contributed by atoms with Gasteiger partial charge in [0.2, 0.25) is 5.91 Å². The molecule has 8 unspecified atom stereocenters. The van der Waals surface area contributed by atoms with Crippen LogP contribution in [0.4, 0.5) is 0 Å². The number of carbonyl (C=O) groups excluding carboxylic acids is 1. The average molecular weight is 882 g/mol. The van der Waals surface area contributed by atoms with Crippen molar-refractivity contribution in [1.82, 2.24) is 5.32 Å². The minimum atomic E-state index is -1.60. The lowest BCUT2D eigenvalue weighted by Crippen LogP contribution is -2.60. The fourth-order valence-corrected chi connectivity index (χ4v) is 8.38. The topological polar surface area (TPSA) is 169 Å². The number of hydrogen-bond donors (Lipinski definition) is 7. The number of carbonyl (C=O) groups is 1. The Bertz CT molecular complexity index is 1040. The highest BCUT2D eigenvalue weighted by molar-refractivity contribution is 5.80. The second-order valence-corrected chi connectivity index (χ2v) is 18.5. The molecule has 0 aliphatic carbocycles. The molecule has 0 aromatic carbocycles. The van der Waals surface area contributed by atoms with E-state index in [9.17, 15) is 35.4 Å². The lowest BCUT2D eigenvalue weighted by atomic mass is 9.99. The van der Waals surface area contributed by atoms with Gasteiger partial charge in [0.25, 0.3) is 0 Å². The second-order valence-electron chi connectivity index (χ2n) is 18.5. The van der Waals surface area contributed by atoms with Crippen molar-refractivity contribution in [2.45, 2.75) is 288 Å². The van der Waals surface area contributed by atoms with Crippen molar-refractivity contribution >= 4 is 5.91 Å². The van der Waals surface area contributed by atoms with Crippen LogP contribution in [0.25, 0.3) is 0 Å². The Kier molecular flexibility index (Phi) is 40.0. The molecule has 10 nitrogen and oxygen atoms in total. The van der Waals surface area contributed by atoms with Gasteiger partial charge in [0, 0.05) is 0 Å². The molecular weight excluding hydrogens is 783 g/mol. The van der Waals surface area contributed by atoms with Crippen molar-refractivity contribution in [3.05, 3.63) is 24.3 Å². The number of ether oxygens (including phenoxy) is 2. The average Bonchev–Trinajstić information content (AvgIpc) is 3.27. The van der Waals surface area contributed by atoms with Gasteiger partial charge in [-0.25, -0.2) is 0 Å². The second kappa shape index (κ2) is 42.3. The Labute approximate surface area is 380 Å². The molecule has 1 aliphatic heterocycles. The van der Waals surface area contributed by atoms with Gasteiger partial charge in [-0.15, -0.1) is 0 Å². The Morgan fingerprint density at radius 1 is 0.548 bits per heavy atom. The monoisotopic (exact) mass is 882 g/mol. The highest BCUT2D eigenvalue weighted by Crippen LogP contribution is 2.23. The van der Waals surface area contributed by atoms with E-state index in [-0.39, 0.29) is 6.61 Å². The van der Waals surface area contributed by atoms with Crippen LogP contribution in [0.1, 0.15) is 239 Å². The van der Waals surface area contributed by atoms with Crippen LogP contribution in [-0.2, 0) is 14.3 Å². The Morgan fingerprint density at radius 3 is 1.39 bits per heavy atom. The van der Waals surface area contributed by atoms with Gasteiger partial charge in [0.15, 0.2) is 6.29 Å². The summed E-state index contributed by atoms with van der Waals surface area (Å²) in [7, 11) is 0. The van der Waals surface area contributed by atoms with Crippen molar-refractivity contribution in [3.63, 3.8) is 0 Å². The standard InChI is InChI=1S/C52H99NO9/c1-3-5-7-9-11-13-15-17-18-19-20-21-22-23-24-25-26-27-29-31-33-35-37-39-41-46(56)51(60)53-44(43-61-52-50(59)49(58)48(57)47(42-54)62-52)45(55)40-38-36-34-32-30-28-16-14-12-10-8-6-4-2/h20-21,23-24,44-50,52,54-59H,3-19,22,25-43H2,1-2H3,(H,53,60)/b21-20-,24-23-. The third-order valence-electron chi connectivity index (χ3n) is 12.7. The highest BCUT2D eigenvalue weighted by Gasteiger charge is 2.44. The maximum atomic E-state index is 13.1. The van der Waals surface area contributed by atoms with Crippen LogP contribution in [0, 0.1) is 0 Å². The zero-order chi connectivity index (χ0) is 45.3. The molecule has 0 bridgehead atoms. The van der Waals surface area contributed by atoms with Gasteiger partial charge in [-0.2, -0.15) is 0 Å². The lowest BCUT2D eigenvalue weighted by Gasteiger charge is -2.40. The lowest BCUT2D eigenvalue weighted by molar-refractivity contribution is -0.302. The zero-order valence-electron chi connectivity index (χ0n) is 40.0. The molecule has 1 amide bonds. The number of amides is 1. The molecule has 10 heteroatoms. The van der Waals surface area contributed by atoms with Crippen molar-refractivity contribution in [2.24, 2.45) is 0 Å². The maximum Gasteiger partial charge on any atom is 0.249 e. The van der Waals surface area contributed by atoms with E-state index in [1.807, 2.05) is 0 Å². The zero-order valence-corrected chi connectivity index (χ0v) is 40.0. The summed E-state index contributed by atoms with van der Waals surface area (Å²) in [6.45, 7) is 3.67. The molecule has 0 spiro atoms. The summed E-state index contributed by atoms with van der Waals surface area (Å²) < 4.78 is 11.2. The fourth-order valence-electron chi connectivity index (χ4n) is 8.38. The Balaban J connectivity index is 2.28. The van der Waals surface area contributed by atoms with E-state index < -0.39 is 61.5 Å². The first-order valence-electron chi connectivity index (χ1n) is 26.1. The van der Waals surface area contributed by atoms with Crippen molar-refractivity contribution in [1.29, 1.82) is 0 Å². The van der Waals surface area contributed by atoms with Crippen molar-refractivity contribution in [2.75, 3.05) is 13.2 Å². The summed E-state index contributed by atoms with van der Waals surface area (Å²) in [5.74, 6) is -0.587. The molecule has 1 rings (SSSR count). The van der Waals surface area contributed by atoms with Gasteiger partial charge in [0.1, 0.15) is 30.5 Å². The van der Waals surface area contributed by atoms with Crippen LogP contribution in [0.3, 0.4) is 0 Å². The molecule has 62 heavy (non-hydrogen) atoms. The largest absolute Gasteiger partial charge is 0.394 e. The van der Waals surface area contributed by atoms with Crippen LogP contribution in [-0.4, -0.2) is 98.7 Å². The van der Waals surface area contributed by atoms with E-state index in [0.29, 0.717) is 12.8 Å². The molecule has 0 saturated carbocycles. The summed E-state index contributed by atoms with van der Waals surface area (Å²) in [5.41, 5.74) is 0. The Morgan fingerprint density at radius 2 is 0.952 bits per heavy atom. The van der Waals surface area contributed by atoms with E-state index >= 15 is 0 Å². The summed E-state index contributed by atoms with van der Waals surface area (Å²) in [4.78, 5) is 13.1. The Hall–Kier alpha value is -1.37. The maximum absolute atomic E-state index is 13.1. The highest BCUT2D eigenvalue weighted by atomic mass is 16.7. The molecule has 8 atom stereocenters. The first-order chi connectivity index (χ1) is 30.3. The van der Waals surface area contributed by atoms with E-state index in [2.05, 4.69) is 43.5 Å². The third kappa shape index (κ3) is 31.5. The first-order valence-corrected chi connectivity index (χ1v) is 26.1. The van der Waals surface area contributed by atoms with Crippen molar-refractivity contribution < 1.29 is 44.9 Å². The quantitative estimate of drug-likeness (QED) is 0.0233. The number of unbranched alkanes of at least 4 members (excludes halogenated alkanes) is 29. The fraction of sp³-hybridized carbons (Fsp3) is 0.904. The van der Waals surface area contributed by atoms with Gasteiger partial charge >= 0.3 is 0 Å². The minimum Gasteiger partial charge on any atom is -0.394 e. The van der Waals surface area contributed by atoms with Crippen LogP contribution < -0.4 is 5.32 Å². The summed E-state index contributed by atoms with van der Waals surface area (Å²) in [6, 6.07) is -0.895. The predicted molar refractivity (Wildman–Crippen MR) is 255 cm³/mol. The molecule has 1 aliphatic rings. The third-order valence-corrected chi connectivity index (χ3v) is 12.7. The molecule has 0 radical (unpaired) electrons. The molecule has 7 N–H and O–H groups in total. The SMILES string of the molecule is CCCCCCCCCCC/C=C\C/C=C\CCCCCCCCCCC(O)C(=O)NC(COC1OC(CO)C(O)C(O)C1O)C(O)CCCCCCCCCCCCCCC. The summed E-state index contributed by atoms with van der Waals surface area (Å²) in [5, 5.41) is 65.0. The number of aliphatic hydroxyl groups excluding tert-OH is 6. The van der Waals surface area contributed by atoms with E-state index in [4.69, 9.17) is 9.47 Å². The number of nitrogens with one attached hydrogen (secondary N) is 1. The molecule has 1 fully saturated rings. The molecule has 0 aromatic heterocycles. The van der Waals surface area contributed by atoms with Gasteiger partial charge in [-0.05, 0) is 44.9 Å². The predicted octanol–water partition coefficient (Wildman–Crippen LogP) is 10.8. The molecule has 0 aromatic rings. The summed E-state index contributed by atoms with van der Waals surface area (Å²) >= 11 is 0. The van der Waals surface area contributed by atoms with E-state index in [1.54, 1.807) is 0 Å². The van der Waals surface area contributed by atoms with E-state index in [0.717, 1.165) is 64.2 Å². The molecular formula is C52H99NO9. The van der Waals surface area contributed by atoms with Crippen LogP contribution in [0.15, 0.2) is 24.3 Å². The van der Waals surface area contributed by atoms with Gasteiger partial charge in [0.05, 0.1) is 25.4 Å². The number of hydrogen-bond acceptors (Lipinski definition) is 9.